The largest absolute Gasteiger partial charge is 0.491 e. The summed E-state index contributed by atoms with van der Waals surface area (Å²) in [7, 11) is 0. The fourth-order valence-electron chi connectivity index (χ4n) is 4.40. The highest BCUT2D eigenvalue weighted by molar-refractivity contribution is 5.81. The molecule has 0 spiro atoms. The van der Waals surface area contributed by atoms with E-state index in [0.717, 1.165) is 24.0 Å². The highest BCUT2D eigenvalue weighted by Gasteiger charge is 2.33. The maximum atomic E-state index is 14.7. The van der Waals surface area contributed by atoms with E-state index in [1.807, 2.05) is 0 Å². The number of alkyl halides is 1. The molecule has 1 heterocycles. The van der Waals surface area contributed by atoms with Crippen molar-refractivity contribution in [3.8, 4) is 34.0 Å². The number of halogens is 2. The van der Waals surface area contributed by atoms with Crippen molar-refractivity contribution in [3.63, 3.8) is 0 Å². The lowest BCUT2D eigenvalue weighted by molar-refractivity contribution is -0.146. The Morgan fingerprint density at radius 2 is 1.34 bits per heavy atom. The highest BCUT2D eigenvalue weighted by atomic mass is 19.1. The summed E-state index contributed by atoms with van der Waals surface area (Å²) in [5.74, 6) is -0.453. The summed E-state index contributed by atoms with van der Waals surface area (Å²) in [5, 5.41) is 0. The zero-order valence-electron chi connectivity index (χ0n) is 24.8. The zero-order valence-corrected chi connectivity index (χ0v) is 24.8. The second-order valence-corrected chi connectivity index (χ2v) is 10.8. The van der Waals surface area contributed by atoms with E-state index < -0.39 is 17.5 Å². The van der Waals surface area contributed by atoms with E-state index in [2.05, 4.69) is 16.9 Å². The summed E-state index contributed by atoms with van der Waals surface area (Å²) in [6.45, 7) is 5.54. The molecule has 0 saturated heterocycles. The first-order chi connectivity index (χ1) is 19.8. The summed E-state index contributed by atoms with van der Waals surface area (Å²) >= 11 is 0. The second kappa shape index (κ2) is 16.8. The van der Waals surface area contributed by atoms with E-state index in [9.17, 15) is 13.6 Å². The number of hydrogen-bond acceptors (Lipinski definition) is 5. The van der Waals surface area contributed by atoms with Crippen LogP contribution in [-0.4, -0.2) is 28.2 Å². The van der Waals surface area contributed by atoms with Crippen LogP contribution in [0, 0.1) is 5.82 Å². The molecule has 0 amide bonds. The molecule has 3 rings (SSSR count). The number of carbonyl (C=O) groups excluding carboxylic acids is 1. The minimum absolute atomic E-state index is 0.0344. The third kappa shape index (κ3) is 10.5. The van der Waals surface area contributed by atoms with Crippen LogP contribution in [0.1, 0.15) is 97.8 Å². The standard InChI is InChI=1S/C34H44F2N2O3/c1-4-6-7-8-9-10-11-12-13-14-15-22-40-31-21-18-27(23-30(31)35)32-37-24-28(25-38-32)26-16-19-29(20-17-26)41-33(39)34(3,36)5-2/h16-21,23-25H,4-15,22H2,1-3H3/t34-/m0/s1. The van der Waals surface area contributed by atoms with Crippen molar-refractivity contribution in [2.24, 2.45) is 0 Å². The summed E-state index contributed by atoms with van der Waals surface area (Å²) in [5.41, 5.74) is 0.0668. The number of aromatic nitrogens is 2. The number of ether oxygens (including phenoxy) is 2. The Labute approximate surface area is 243 Å². The van der Waals surface area contributed by atoms with Crippen LogP contribution < -0.4 is 9.47 Å². The van der Waals surface area contributed by atoms with Gasteiger partial charge in [0.15, 0.2) is 17.4 Å². The van der Waals surface area contributed by atoms with Gasteiger partial charge in [0.1, 0.15) is 5.75 Å². The second-order valence-electron chi connectivity index (χ2n) is 10.8. The Hall–Kier alpha value is -3.35. The molecule has 2 aromatic carbocycles. The first kappa shape index (κ1) is 32.2. The van der Waals surface area contributed by atoms with Crippen molar-refractivity contribution in [3.05, 3.63) is 60.7 Å². The van der Waals surface area contributed by atoms with Crippen LogP contribution in [0.25, 0.3) is 22.5 Å². The van der Waals surface area contributed by atoms with Gasteiger partial charge in [0.2, 0.25) is 5.67 Å². The highest BCUT2D eigenvalue weighted by Crippen LogP contribution is 2.27. The number of rotatable bonds is 18. The molecule has 222 valence electrons. The molecule has 0 saturated carbocycles. The number of hydrogen-bond donors (Lipinski definition) is 0. The number of nitrogens with zero attached hydrogens (tertiary/aromatic N) is 2. The van der Waals surface area contributed by atoms with Gasteiger partial charge in [-0.25, -0.2) is 23.5 Å². The van der Waals surface area contributed by atoms with Gasteiger partial charge in [0.05, 0.1) is 6.61 Å². The van der Waals surface area contributed by atoms with Crippen LogP contribution in [0.4, 0.5) is 8.78 Å². The molecule has 0 aliphatic carbocycles. The van der Waals surface area contributed by atoms with E-state index in [0.29, 0.717) is 18.0 Å². The van der Waals surface area contributed by atoms with Crippen LogP contribution in [0.3, 0.4) is 0 Å². The van der Waals surface area contributed by atoms with Gasteiger partial charge in [-0.2, -0.15) is 0 Å². The van der Waals surface area contributed by atoms with E-state index in [1.165, 1.54) is 70.8 Å². The summed E-state index contributed by atoms with van der Waals surface area (Å²) < 4.78 is 39.6. The third-order valence-corrected chi connectivity index (χ3v) is 7.34. The summed E-state index contributed by atoms with van der Waals surface area (Å²) in [6, 6.07) is 11.4. The quantitative estimate of drug-likeness (QED) is 0.0871. The zero-order chi connectivity index (χ0) is 29.5. The lowest BCUT2D eigenvalue weighted by Crippen LogP contribution is -2.33. The first-order valence-corrected chi connectivity index (χ1v) is 15.1. The van der Waals surface area contributed by atoms with Crippen LogP contribution in [0.5, 0.6) is 11.5 Å². The minimum atomic E-state index is -2.03. The van der Waals surface area contributed by atoms with Crippen molar-refractivity contribution >= 4 is 5.97 Å². The number of unbranched alkanes of at least 4 members (excludes halogenated alkanes) is 10. The first-order valence-electron chi connectivity index (χ1n) is 15.1. The van der Waals surface area contributed by atoms with Gasteiger partial charge in [-0.1, -0.05) is 90.2 Å². The lowest BCUT2D eigenvalue weighted by atomic mass is 10.1. The van der Waals surface area contributed by atoms with Gasteiger partial charge >= 0.3 is 5.97 Å². The van der Waals surface area contributed by atoms with Crippen LogP contribution >= 0.6 is 0 Å². The third-order valence-electron chi connectivity index (χ3n) is 7.34. The fraction of sp³-hybridized carbons (Fsp3) is 0.500. The normalized spacial score (nSPS) is 12.6. The summed E-state index contributed by atoms with van der Waals surface area (Å²) in [4.78, 5) is 20.7. The fourth-order valence-corrected chi connectivity index (χ4v) is 4.40. The van der Waals surface area contributed by atoms with E-state index in [4.69, 9.17) is 9.47 Å². The molecule has 0 N–H and O–H groups in total. The van der Waals surface area contributed by atoms with Gasteiger partial charge in [-0.15, -0.1) is 0 Å². The van der Waals surface area contributed by atoms with E-state index >= 15 is 0 Å². The maximum Gasteiger partial charge on any atom is 0.348 e. The molecule has 41 heavy (non-hydrogen) atoms. The SMILES string of the molecule is CCCCCCCCCCCCCOc1ccc(-c2ncc(-c3ccc(OC(=O)[C@@](C)(F)CC)cc3)cn2)cc1F. The van der Waals surface area contributed by atoms with Crippen molar-refractivity contribution in [1.29, 1.82) is 0 Å². The van der Waals surface area contributed by atoms with Crippen molar-refractivity contribution in [2.45, 2.75) is 103 Å². The topological polar surface area (TPSA) is 61.3 Å². The molecular weight excluding hydrogens is 522 g/mol. The van der Waals surface area contributed by atoms with Crippen molar-refractivity contribution in [2.75, 3.05) is 6.61 Å². The molecule has 5 nitrogen and oxygen atoms in total. The molecule has 0 radical (unpaired) electrons. The molecule has 0 aliphatic rings. The number of carbonyl (C=O) groups is 1. The average molecular weight is 567 g/mol. The monoisotopic (exact) mass is 566 g/mol. The van der Waals surface area contributed by atoms with E-state index in [-0.39, 0.29) is 17.9 Å². The molecule has 1 atom stereocenters. The molecule has 0 fully saturated rings. The Morgan fingerprint density at radius 3 is 1.90 bits per heavy atom. The predicted octanol–water partition coefficient (Wildman–Crippen LogP) is 9.68. The average Bonchev–Trinajstić information content (AvgIpc) is 2.99. The molecule has 0 aliphatic heterocycles. The molecule has 0 unspecified atom stereocenters. The molecule has 0 bridgehead atoms. The Kier molecular flexibility index (Phi) is 13.2. The predicted molar refractivity (Wildman–Crippen MR) is 160 cm³/mol. The van der Waals surface area contributed by atoms with Crippen LogP contribution in [0.2, 0.25) is 0 Å². The van der Waals surface area contributed by atoms with Crippen molar-refractivity contribution in [1.82, 2.24) is 9.97 Å². The summed E-state index contributed by atoms with van der Waals surface area (Å²) in [6.07, 6.45) is 17.2. The molecule has 3 aromatic rings. The Bertz CT molecular complexity index is 1200. The van der Waals surface area contributed by atoms with Gasteiger partial charge in [0.25, 0.3) is 0 Å². The molecule has 7 heteroatoms. The maximum absolute atomic E-state index is 14.7. The number of esters is 1. The Morgan fingerprint density at radius 1 is 0.780 bits per heavy atom. The minimum Gasteiger partial charge on any atom is -0.491 e. The van der Waals surface area contributed by atoms with Gasteiger partial charge in [-0.05, 0) is 55.7 Å². The smallest absolute Gasteiger partial charge is 0.348 e. The van der Waals surface area contributed by atoms with Gasteiger partial charge < -0.3 is 9.47 Å². The van der Waals surface area contributed by atoms with Crippen LogP contribution in [-0.2, 0) is 4.79 Å². The Balaban J connectivity index is 1.42. The van der Waals surface area contributed by atoms with Crippen molar-refractivity contribution < 1.29 is 23.0 Å². The molecule has 1 aromatic heterocycles. The van der Waals surface area contributed by atoms with Gasteiger partial charge in [0, 0.05) is 23.5 Å². The van der Waals surface area contributed by atoms with Crippen LogP contribution in [0.15, 0.2) is 54.9 Å². The van der Waals surface area contributed by atoms with Gasteiger partial charge in [-0.3, -0.25) is 0 Å². The van der Waals surface area contributed by atoms with E-state index in [1.54, 1.807) is 55.7 Å². The number of benzene rings is 2. The molecular formula is C34H44F2N2O3. The lowest BCUT2D eigenvalue weighted by Gasteiger charge is -2.16.